The fourth-order valence-corrected chi connectivity index (χ4v) is 2.39. The zero-order valence-corrected chi connectivity index (χ0v) is 13.3. The Bertz CT molecular complexity index is 779. The maximum atomic E-state index is 12.2. The number of rotatable bonds is 4. The molecule has 24 heavy (non-hydrogen) atoms. The largest absolute Gasteiger partial charge is 0.507 e. The molecule has 0 atom stereocenters. The van der Waals surface area contributed by atoms with Gasteiger partial charge in [0.2, 0.25) is 0 Å². The first-order valence-electron chi connectivity index (χ1n) is 7.66. The van der Waals surface area contributed by atoms with E-state index in [1.165, 1.54) is 25.3 Å². The van der Waals surface area contributed by atoms with E-state index in [2.05, 4.69) is 0 Å². The Hall–Kier alpha value is -2.95. The van der Waals surface area contributed by atoms with Crippen molar-refractivity contribution in [3.63, 3.8) is 0 Å². The number of methoxy groups -OCH3 is 1. The van der Waals surface area contributed by atoms with Crippen LogP contribution in [-0.4, -0.2) is 31.2 Å². The summed E-state index contributed by atoms with van der Waals surface area (Å²) in [5.41, 5.74) is 1.04. The molecule has 0 fully saturated rings. The van der Waals surface area contributed by atoms with Gasteiger partial charge in [-0.15, -0.1) is 0 Å². The minimum absolute atomic E-state index is 0.109. The fraction of sp³-hybridized carbons (Fsp3) is 0.211. The molecule has 124 valence electrons. The predicted molar refractivity (Wildman–Crippen MR) is 90.1 cm³/mol. The summed E-state index contributed by atoms with van der Waals surface area (Å²) in [6, 6.07) is 10.1. The van der Waals surface area contributed by atoms with Crippen LogP contribution in [0.25, 0.3) is 6.08 Å². The van der Waals surface area contributed by atoms with Crippen molar-refractivity contribution < 1.29 is 24.1 Å². The zero-order chi connectivity index (χ0) is 16.9. The van der Waals surface area contributed by atoms with Crippen molar-refractivity contribution in [2.75, 3.05) is 20.3 Å². The van der Waals surface area contributed by atoms with Crippen LogP contribution in [0.15, 0.2) is 42.5 Å². The number of hydrogen-bond donors (Lipinski definition) is 1. The standard InChI is InChI=1S/C19H18O5/c1-22-14-5-6-15(17(21)12-14)16(20)7-3-13-4-8-18-19(11-13)24-10-2-9-23-18/h3-8,11-12,21H,2,9-10H2,1H3. The van der Waals surface area contributed by atoms with Crippen molar-refractivity contribution in [2.45, 2.75) is 6.42 Å². The summed E-state index contributed by atoms with van der Waals surface area (Å²) in [6.45, 7) is 1.25. The maximum absolute atomic E-state index is 12.2. The highest BCUT2D eigenvalue weighted by molar-refractivity contribution is 6.08. The molecule has 5 heteroatoms. The van der Waals surface area contributed by atoms with Crippen LogP contribution in [0.4, 0.5) is 0 Å². The Morgan fingerprint density at radius 1 is 1.12 bits per heavy atom. The van der Waals surface area contributed by atoms with Crippen LogP contribution in [-0.2, 0) is 0 Å². The topological polar surface area (TPSA) is 65.0 Å². The van der Waals surface area contributed by atoms with Gasteiger partial charge in [-0.05, 0) is 35.9 Å². The molecule has 0 saturated heterocycles. The molecule has 1 N–H and O–H groups in total. The molecule has 5 nitrogen and oxygen atoms in total. The monoisotopic (exact) mass is 326 g/mol. The van der Waals surface area contributed by atoms with Crippen LogP contribution >= 0.6 is 0 Å². The molecule has 0 bridgehead atoms. The van der Waals surface area contributed by atoms with Gasteiger partial charge >= 0.3 is 0 Å². The third kappa shape index (κ3) is 3.51. The van der Waals surface area contributed by atoms with Crippen LogP contribution in [0.2, 0.25) is 0 Å². The van der Waals surface area contributed by atoms with Crippen LogP contribution in [0.5, 0.6) is 23.0 Å². The normalized spacial score (nSPS) is 13.5. The average molecular weight is 326 g/mol. The number of hydrogen-bond acceptors (Lipinski definition) is 5. The average Bonchev–Trinajstić information content (AvgIpc) is 2.84. The van der Waals surface area contributed by atoms with Crippen molar-refractivity contribution in [2.24, 2.45) is 0 Å². The molecule has 3 rings (SSSR count). The Kier molecular flexibility index (Phi) is 4.70. The van der Waals surface area contributed by atoms with E-state index in [0.717, 1.165) is 12.0 Å². The molecule has 0 spiro atoms. The molecule has 0 amide bonds. The fourth-order valence-electron chi connectivity index (χ4n) is 2.39. The predicted octanol–water partition coefficient (Wildman–Crippen LogP) is 3.46. The summed E-state index contributed by atoms with van der Waals surface area (Å²) >= 11 is 0. The van der Waals surface area contributed by atoms with E-state index < -0.39 is 0 Å². The molecular formula is C19H18O5. The lowest BCUT2D eigenvalue weighted by Crippen LogP contribution is -1.97. The quantitative estimate of drug-likeness (QED) is 0.688. The van der Waals surface area contributed by atoms with E-state index >= 15 is 0 Å². The second-order valence-corrected chi connectivity index (χ2v) is 5.34. The first-order chi connectivity index (χ1) is 11.7. The number of ketones is 1. The molecular weight excluding hydrogens is 308 g/mol. The van der Waals surface area contributed by atoms with Gasteiger partial charge in [0.1, 0.15) is 11.5 Å². The number of ether oxygens (including phenoxy) is 3. The third-order valence-corrected chi connectivity index (χ3v) is 3.67. The lowest BCUT2D eigenvalue weighted by atomic mass is 10.1. The summed E-state index contributed by atoms with van der Waals surface area (Å²) in [7, 11) is 1.50. The summed E-state index contributed by atoms with van der Waals surface area (Å²) in [5.74, 6) is 1.49. The lowest BCUT2D eigenvalue weighted by Gasteiger charge is -2.07. The molecule has 1 heterocycles. The van der Waals surface area contributed by atoms with Crippen LogP contribution in [0.1, 0.15) is 22.3 Å². The molecule has 2 aromatic rings. The first-order valence-corrected chi connectivity index (χ1v) is 7.66. The molecule has 2 aromatic carbocycles. The Balaban J connectivity index is 1.78. The highest BCUT2D eigenvalue weighted by Gasteiger charge is 2.11. The smallest absolute Gasteiger partial charge is 0.189 e. The van der Waals surface area contributed by atoms with E-state index in [0.29, 0.717) is 30.5 Å². The van der Waals surface area contributed by atoms with Crippen molar-refractivity contribution in [1.82, 2.24) is 0 Å². The second kappa shape index (κ2) is 7.08. The Labute approximate surface area is 140 Å². The van der Waals surface area contributed by atoms with E-state index in [1.807, 2.05) is 18.2 Å². The highest BCUT2D eigenvalue weighted by atomic mass is 16.5. The van der Waals surface area contributed by atoms with Crippen molar-refractivity contribution >= 4 is 11.9 Å². The van der Waals surface area contributed by atoms with E-state index in [-0.39, 0.29) is 17.1 Å². The van der Waals surface area contributed by atoms with E-state index in [9.17, 15) is 9.90 Å². The van der Waals surface area contributed by atoms with Gasteiger partial charge in [0, 0.05) is 12.5 Å². The number of allylic oxidation sites excluding steroid dienone is 1. The third-order valence-electron chi connectivity index (χ3n) is 3.67. The van der Waals surface area contributed by atoms with Gasteiger partial charge in [-0.2, -0.15) is 0 Å². The van der Waals surface area contributed by atoms with Crippen LogP contribution < -0.4 is 14.2 Å². The number of phenols is 1. The van der Waals surface area contributed by atoms with Gasteiger partial charge in [0.25, 0.3) is 0 Å². The minimum Gasteiger partial charge on any atom is -0.507 e. The molecule has 1 aliphatic heterocycles. The number of fused-ring (bicyclic) bond motifs is 1. The van der Waals surface area contributed by atoms with E-state index in [4.69, 9.17) is 14.2 Å². The molecule has 0 aliphatic carbocycles. The number of carbonyl (C=O) groups excluding carboxylic acids is 1. The van der Waals surface area contributed by atoms with Gasteiger partial charge in [-0.25, -0.2) is 0 Å². The summed E-state index contributed by atoms with van der Waals surface area (Å²) in [6.07, 6.45) is 3.94. The molecule has 1 aliphatic rings. The molecule has 0 unspecified atom stereocenters. The van der Waals surface area contributed by atoms with Crippen molar-refractivity contribution in [3.8, 4) is 23.0 Å². The second-order valence-electron chi connectivity index (χ2n) is 5.34. The minimum atomic E-state index is -0.290. The zero-order valence-electron chi connectivity index (χ0n) is 13.3. The van der Waals surface area contributed by atoms with Gasteiger partial charge in [0.05, 0.1) is 25.9 Å². The Morgan fingerprint density at radius 3 is 2.67 bits per heavy atom. The first kappa shape index (κ1) is 15.9. The molecule has 0 saturated carbocycles. The van der Waals surface area contributed by atoms with Crippen molar-refractivity contribution in [1.29, 1.82) is 0 Å². The van der Waals surface area contributed by atoms with Gasteiger partial charge in [-0.3, -0.25) is 4.79 Å². The van der Waals surface area contributed by atoms with Gasteiger partial charge < -0.3 is 19.3 Å². The number of carbonyl (C=O) groups is 1. The number of benzene rings is 2. The maximum Gasteiger partial charge on any atom is 0.189 e. The lowest BCUT2D eigenvalue weighted by molar-refractivity contribution is 0.104. The summed E-state index contributed by atoms with van der Waals surface area (Å²) in [5, 5.41) is 9.91. The SMILES string of the molecule is COc1ccc(C(=O)C=Cc2ccc3c(c2)OCCCO3)c(O)c1. The van der Waals surface area contributed by atoms with Crippen LogP contribution in [0.3, 0.4) is 0 Å². The van der Waals surface area contributed by atoms with E-state index in [1.54, 1.807) is 12.1 Å². The number of phenolic OH excluding ortho intramolecular Hbond substituents is 1. The van der Waals surface area contributed by atoms with Crippen LogP contribution in [0, 0.1) is 0 Å². The van der Waals surface area contributed by atoms with Gasteiger partial charge in [-0.1, -0.05) is 12.1 Å². The Morgan fingerprint density at radius 2 is 1.92 bits per heavy atom. The number of aromatic hydroxyl groups is 1. The molecule has 0 aromatic heterocycles. The summed E-state index contributed by atoms with van der Waals surface area (Å²) < 4.78 is 16.2. The molecule has 0 radical (unpaired) electrons. The van der Waals surface area contributed by atoms with Gasteiger partial charge in [0.15, 0.2) is 17.3 Å². The summed E-state index contributed by atoms with van der Waals surface area (Å²) in [4.78, 5) is 12.2. The van der Waals surface area contributed by atoms with Crippen molar-refractivity contribution in [3.05, 3.63) is 53.6 Å². The highest BCUT2D eigenvalue weighted by Crippen LogP contribution is 2.31.